The van der Waals surface area contributed by atoms with Gasteiger partial charge in [-0.05, 0) is 95.1 Å². The Kier molecular flexibility index (Phi) is 16.3. The lowest BCUT2D eigenvalue weighted by molar-refractivity contribution is -0.288. The molecular weight excluding hydrogens is 726 g/mol. The van der Waals surface area contributed by atoms with Gasteiger partial charge < -0.3 is 28.4 Å². The maximum atomic E-state index is 13.8. The minimum Gasteiger partial charge on any atom is -0.497 e. The molecule has 0 heterocycles. The molecule has 0 N–H and O–H groups in total. The number of hydrogen-bond acceptors (Lipinski definition) is 6. The number of rotatable bonds is 10. The first-order chi connectivity index (χ1) is 25.5. The van der Waals surface area contributed by atoms with Gasteiger partial charge in [0.25, 0.3) is 0 Å². The van der Waals surface area contributed by atoms with Crippen LogP contribution < -0.4 is 28.4 Å². The SMILES string of the molecule is C.COc1ccc(C(C)(C)c2ccc(OC)cc2)cc1.COc1ccc(C(c2ccc(OC)cc2)(C(F)(F)F)C(F)(F)F)cc1.COc1ccc(OC)cc1. The molecule has 0 spiro atoms. The van der Waals surface area contributed by atoms with Crippen LogP contribution >= 0.6 is 0 Å². The maximum absolute atomic E-state index is 13.8. The predicted octanol–water partition coefficient (Wildman–Crippen LogP) is 11.5. The third kappa shape index (κ3) is 10.8. The summed E-state index contributed by atoms with van der Waals surface area (Å²) >= 11 is 0. The van der Waals surface area contributed by atoms with Gasteiger partial charge in [0.2, 0.25) is 5.41 Å². The third-order valence-corrected chi connectivity index (χ3v) is 8.82. The van der Waals surface area contributed by atoms with Crippen molar-refractivity contribution in [2.24, 2.45) is 0 Å². The molecule has 0 aliphatic carbocycles. The lowest BCUT2D eigenvalue weighted by atomic mass is 9.73. The van der Waals surface area contributed by atoms with Crippen LogP contribution in [0.3, 0.4) is 0 Å². The summed E-state index contributed by atoms with van der Waals surface area (Å²) in [6, 6.07) is 31.2. The van der Waals surface area contributed by atoms with Gasteiger partial charge in [-0.1, -0.05) is 69.8 Å². The summed E-state index contributed by atoms with van der Waals surface area (Å²) in [5.41, 5.74) is -3.58. The molecule has 0 aromatic heterocycles. The average molecular weight is 775 g/mol. The Morgan fingerprint density at radius 1 is 0.309 bits per heavy atom. The largest absolute Gasteiger partial charge is 0.497 e. The first-order valence-electron chi connectivity index (χ1n) is 16.4. The van der Waals surface area contributed by atoms with E-state index in [0.29, 0.717) is 0 Å². The van der Waals surface area contributed by atoms with E-state index in [1.54, 1.807) is 28.4 Å². The number of ether oxygens (including phenoxy) is 6. The molecule has 0 aliphatic heterocycles. The van der Waals surface area contributed by atoms with Crippen molar-refractivity contribution in [3.8, 4) is 34.5 Å². The lowest BCUT2D eigenvalue weighted by Gasteiger charge is -2.38. The second-order valence-electron chi connectivity index (χ2n) is 12.2. The monoisotopic (exact) mass is 774 g/mol. The summed E-state index contributed by atoms with van der Waals surface area (Å²) in [6.07, 6.45) is -11.2. The smallest absolute Gasteiger partial charge is 0.411 e. The zero-order valence-corrected chi connectivity index (χ0v) is 31.3. The van der Waals surface area contributed by atoms with Crippen molar-refractivity contribution >= 4 is 0 Å². The summed E-state index contributed by atoms with van der Waals surface area (Å²) in [7, 11) is 9.18. The van der Waals surface area contributed by atoms with Gasteiger partial charge in [0, 0.05) is 5.41 Å². The maximum Gasteiger partial charge on any atom is 0.411 e. The molecule has 0 unspecified atom stereocenters. The Morgan fingerprint density at radius 3 is 0.636 bits per heavy atom. The molecule has 0 aliphatic rings. The second-order valence-corrected chi connectivity index (χ2v) is 12.2. The topological polar surface area (TPSA) is 55.4 Å². The van der Waals surface area contributed by atoms with Crippen LogP contribution in [0.15, 0.2) is 121 Å². The van der Waals surface area contributed by atoms with E-state index < -0.39 is 28.9 Å². The summed E-state index contributed by atoms with van der Waals surface area (Å²) in [5, 5.41) is 0. The Labute approximate surface area is 319 Å². The third-order valence-electron chi connectivity index (χ3n) is 8.82. The Hall–Kier alpha value is -5.52. The molecule has 6 nitrogen and oxygen atoms in total. The average Bonchev–Trinajstić information content (AvgIpc) is 3.18. The van der Waals surface area contributed by atoms with Crippen LogP contribution in [-0.4, -0.2) is 55.0 Å². The Morgan fingerprint density at radius 2 is 0.473 bits per heavy atom. The first kappa shape index (κ1) is 45.6. The lowest BCUT2D eigenvalue weighted by Crippen LogP contribution is -2.54. The van der Waals surface area contributed by atoms with Crippen LogP contribution in [0.4, 0.5) is 26.3 Å². The van der Waals surface area contributed by atoms with E-state index in [-0.39, 0.29) is 24.3 Å². The normalized spacial score (nSPS) is 11.3. The van der Waals surface area contributed by atoms with Crippen LogP contribution in [0.5, 0.6) is 34.5 Å². The molecule has 298 valence electrons. The number of hydrogen-bond donors (Lipinski definition) is 0. The van der Waals surface area contributed by atoms with Crippen LogP contribution in [0.25, 0.3) is 0 Å². The minimum atomic E-state index is -5.62. The highest BCUT2D eigenvalue weighted by molar-refractivity contribution is 5.47. The fourth-order valence-electron chi connectivity index (χ4n) is 5.56. The summed E-state index contributed by atoms with van der Waals surface area (Å²) < 4.78 is 113. The number of halogens is 6. The van der Waals surface area contributed by atoms with Crippen molar-refractivity contribution in [1.29, 1.82) is 0 Å². The number of methoxy groups -OCH3 is 6. The van der Waals surface area contributed by atoms with E-state index in [1.165, 1.54) is 25.3 Å². The molecule has 0 atom stereocenters. The molecule has 0 amide bonds. The molecule has 0 saturated heterocycles. The van der Waals surface area contributed by atoms with E-state index in [4.69, 9.17) is 28.4 Å². The zero-order chi connectivity index (χ0) is 40.2. The number of alkyl halides is 6. The zero-order valence-electron chi connectivity index (χ0n) is 31.3. The summed E-state index contributed by atoms with van der Waals surface area (Å²) in [5.74, 6) is 3.76. The quantitative estimate of drug-likeness (QED) is 0.132. The van der Waals surface area contributed by atoms with Gasteiger partial charge in [0.15, 0.2) is 0 Å². The van der Waals surface area contributed by atoms with Crippen LogP contribution in [0, 0.1) is 0 Å². The molecule has 55 heavy (non-hydrogen) atoms. The highest BCUT2D eigenvalue weighted by Crippen LogP contribution is 2.56. The summed E-state index contributed by atoms with van der Waals surface area (Å²) in [4.78, 5) is 0. The fraction of sp³-hybridized carbons (Fsp3) is 0.302. The van der Waals surface area contributed by atoms with Crippen LogP contribution in [-0.2, 0) is 10.8 Å². The van der Waals surface area contributed by atoms with Gasteiger partial charge in [0.05, 0.1) is 42.7 Å². The molecule has 0 saturated carbocycles. The highest BCUT2D eigenvalue weighted by Gasteiger charge is 2.72. The molecule has 5 rings (SSSR count). The molecule has 5 aromatic carbocycles. The van der Waals surface area contributed by atoms with Gasteiger partial charge in [-0.2, -0.15) is 26.3 Å². The Balaban J connectivity index is 0.000000307. The Bertz CT molecular complexity index is 1700. The fourth-order valence-corrected chi connectivity index (χ4v) is 5.56. The van der Waals surface area contributed by atoms with Gasteiger partial charge >= 0.3 is 12.4 Å². The molecule has 0 bridgehead atoms. The first-order valence-corrected chi connectivity index (χ1v) is 16.4. The van der Waals surface area contributed by atoms with Gasteiger partial charge in [-0.25, -0.2) is 0 Å². The van der Waals surface area contributed by atoms with E-state index in [0.717, 1.165) is 71.5 Å². The standard InChI is InChI=1S/C17H14F6O2.C17H20O2.C8H10O2.CH4/c1-24-13-7-3-11(4-8-13)15(16(18,19)20,17(21,22)23)12-5-9-14(25-2)10-6-12;1-17(2,13-5-9-15(18-3)10-6-13)14-7-11-16(19-4)12-8-14;1-9-7-3-5-8(10-2)6-4-7;/h3-10H,1-2H3;5-12H,1-4H3;3-6H,1-2H3;1H4. The van der Waals surface area contributed by atoms with Crippen LogP contribution in [0.2, 0.25) is 0 Å². The van der Waals surface area contributed by atoms with E-state index in [1.807, 2.05) is 48.5 Å². The van der Waals surface area contributed by atoms with Crippen molar-refractivity contribution in [2.75, 3.05) is 42.7 Å². The molecule has 5 aromatic rings. The van der Waals surface area contributed by atoms with E-state index in [2.05, 4.69) is 38.1 Å². The van der Waals surface area contributed by atoms with E-state index in [9.17, 15) is 26.3 Å². The van der Waals surface area contributed by atoms with Crippen molar-refractivity contribution in [3.63, 3.8) is 0 Å². The highest BCUT2D eigenvalue weighted by atomic mass is 19.4. The molecule has 12 heteroatoms. The van der Waals surface area contributed by atoms with Gasteiger partial charge in [-0.15, -0.1) is 0 Å². The van der Waals surface area contributed by atoms with Gasteiger partial charge in [0.1, 0.15) is 34.5 Å². The van der Waals surface area contributed by atoms with Crippen molar-refractivity contribution in [1.82, 2.24) is 0 Å². The van der Waals surface area contributed by atoms with Crippen molar-refractivity contribution in [2.45, 2.75) is 44.5 Å². The molecular formula is C43H48F6O6. The molecule has 0 fully saturated rings. The van der Waals surface area contributed by atoms with Crippen LogP contribution in [0.1, 0.15) is 43.5 Å². The van der Waals surface area contributed by atoms with Crippen molar-refractivity contribution < 1.29 is 54.8 Å². The molecule has 0 radical (unpaired) electrons. The summed E-state index contributed by atoms with van der Waals surface area (Å²) in [6.45, 7) is 4.44. The van der Waals surface area contributed by atoms with E-state index >= 15 is 0 Å². The van der Waals surface area contributed by atoms with Crippen molar-refractivity contribution in [3.05, 3.63) is 144 Å². The number of benzene rings is 5. The predicted molar refractivity (Wildman–Crippen MR) is 203 cm³/mol. The van der Waals surface area contributed by atoms with Gasteiger partial charge in [-0.3, -0.25) is 0 Å². The second kappa shape index (κ2) is 19.7. The minimum absolute atomic E-state index is 0.